The number of fused-ring (bicyclic) bond motifs is 1. The fourth-order valence-corrected chi connectivity index (χ4v) is 4.77. The number of tetrazole rings is 1. The summed E-state index contributed by atoms with van der Waals surface area (Å²) in [4.78, 5) is 16.2. The van der Waals surface area contributed by atoms with Crippen molar-refractivity contribution in [3.05, 3.63) is 64.0 Å². The summed E-state index contributed by atoms with van der Waals surface area (Å²) in [7, 11) is 0. The molecule has 35 heavy (non-hydrogen) atoms. The molecule has 10 nitrogen and oxygen atoms in total. The van der Waals surface area contributed by atoms with E-state index in [1.165, 1.54) is 0 Å². The minimum Gasteiger partial charge on any atom is -0.476 e. The van der Waals surface area contributed by atoms with E-state index in [-0.39, 0.29) is 11.5 Å². The van der Waals surface area contributed by atoms with Crippen LogP contribution in [0.2, 0.25) is 0 Å². The lowest BCUT2D eigenvalue weighted by Gasteiger charge is -2.10. The second-order valence-corrected chi connectivity index (χ2v) is 8.91. The van der Waals surface area contributed by atoms with Gasteiger partial charge in [-0.3, -0.25) is 0 Å². The molecule has 0 radical (unpaired) electrons. The van der Waals surface area contributed by atoms with Gasteiger partial charge in [-0.05, 0) is 45.3 Å². The maximum Gasteiger partial charge on any atom is 0.356 e. The van der Waals surface area contributed by atoms with Crippen LogP contribution in [0.15, 0.2) is 51.4 Å². The minimum atomic E-state index is -1.09. The predicted octanol–water partition coefficient (Wildman–Crippen LogP) is 4.91. The molecule has 0 saturated heterocycles. The van der Waals surface area contributed by atoms with Crippen molar-refractivity contribution in [1.29, 1.82) is 0 Å². The molecule has 5 rings (SSSR count). The molecule has 11 heteroatoms. The Labute approximate surface area is 208 Å². The number of anilines is 1. The molecule has 178 valence electrons. The van der Waals surface area contributed by atoms with Crippen LogP contribution in [0.25, 0.3) is 33.7 Å². The highest BCUT2D eigenvalue weighted by molar-refractivity contribution is 9.10. The van der Waals surface area contributed by atoms with Gasteiger partial charge in [0, 0.05) is 29.5 Å². The monoisotopic (exact) mass is 535 g/mol. The number of furan rings is 1. The van der Waals surface area contributed by atoms with Gasteiger partial charge in [0.05, 0.1) is 4.47 Å². The summed E-state index contributed by atoms with van der Waals surface area (Å²) in [6, 6.07) is 13.4. The van der Waals surface area contributed by atoms with Crippen molar-refractivity contribution in [1.82, 2.24) is 30.2 Å². The molecule has 0 unspecified atom stereocenters. The normalized spacial score (nSPS) is 11.4. The summed E-state index contributed by atoms with van der Waals surface area (Å²) in [5.74, 6) is 0.715. The van der Waals surface area contributed by atoms with E-state index in [0.717, 1.165) is 39.4 Å². The Bertz CT molecular complexity index is 1520. The van der Waals surface area contributed by atoms with Crippen LogP contribution in [0, 0.1) is 0 Å². The van der Waals surface area contributed by atoms with Crippen molar-refractivity contribution in [3.63, 3.8) is 0 Å². The number of hydrogen-bond acceptors (Lipinski definition) is 7. The number of H-pyrrole nitrogens is 1. The van der Waals surface area contributed by atoms with E-state index in [9.17, 15) is 9.90 Å². The number of carboxylic acid groups (broad SMARTS) is 1. The van der Waals surface area contributed by atoms with Gasteiger partial charge in [0.2, 0.25) is 5.82 Å². The van der Waals surface area contributed by atoms with Gasteiger partial charge >= 0.3 is 5.97 Å². The fourth-order valence-electron chi connectivity index (χ4n) is 4.16. The average Bonchev–Trinajstić information content (AvgIpc) is 3.56. The average molecular weight is 536 g/mol. The van der Waals surface area contributed by atoms with E-state index in [2.05, 4.69) is 48.5 Å². The molecule has 0 spiro atoms. The lowest BCUT2D eigenvalue weighted by molar-refractivity contribution is 0.0686. The summed E-state index contributed by atoms with van der Waals surface area (Å²) in [5.41, 5.74) is 9.15. The molecule has 0 saturated carbocycles. The molecular weight excluding hydrogens is 514 g/mol. The van der Waals surface area contributed by atoms with Crippen LogP contribution in [0.3, 0.4) is 0 Å². The molecule has 0 bridgehead atoms. The number of aryl methyl sites for hydroxylation is 1. The van der Waals surface area contributed by atoms with E-state index in [1.807, 2.05) is 42.5 Å². The zero-order valence-corrected chi connectivity index (χ0v) is 20.4. The van der Waals surface area contributed by atoms with Gasteiger partial charge in [-0.2, -0.15) is 5.21 Å². The summed E-state index contributed by atoms with van der Waals surface area (Å²) in [6.45, 7) is 2.40. The number of halogens is 1. The largest absolute Gasteiger partial charge is 0.476 e. The smallest absolute Gasteiger partial charge is 0.356 e. The van der Waals surface area contributed by atoms with Gasteiger partial charge < -0.3 is 19.8 Å². The van der Waals surface area contributed by atoms with Crippen LogP contribution >= 0.6 is 15.9 Å². The van der Waals surface area contributed by atoms with E-state index in [1.54, 1.807) is 4.57 Å². The number of benzene rings is 2. The number of imidazole rings is 1. The number of unbranched alkanes of at least 4 members (excludes halogenated alkanes) is 1. The lowest BCUT2D eigenvalue weighted by Crippen LogP contribution is -2.13. The standard InChI is InChI=1S/C24H22BrN7O3/c1-2-3-8-18-27-22(26)20(24(33)34)32(18)12-13-9-10-17-16(11-13)19(25)21(35-17)14-6-4-5-7-15(14)23-28-30-31-29-23/h4-7,9-11H,2-3,8,12,26H2,1H3,(H,33,34)(H,28,29,30,31). The van der Waals surface area contributed by atoms with Gasteiger partial charge in [-0.15, -0.1) is 10.2 Å². The van der Waals surface area contributed by atoms with Crippen molar-refractivity contribution in [2.75, 3.05) is 5.73 Å². The first-order valence-electron chi connectivity index (χ1n) is 11.1. The molecule has 3 heterocycles. The third-order valence-electron chi connectivity index (χ3n) is 5.82. The van der Waals surface area contributed by atoms with Gasteiger partial charge in [0.25, 0.3) is 0 Å². The molecule has 0 aliphatic carbocycles. The summed E-state index contributed by atoms with van der Waals surface area (Å²) >= 11 is 3.70. The van der Waals surface area contributed by atoms with Crippen LogP contribution in [0.1, 0.15) is 41.6 Å². The molecule has 0 fully saturated rings. The van der Waals surface area contributed by atoms with Crippen LogP contribution in [-0.4, -0.2) is 41.3 Å². The Kier molecular flexibility index (Phi) is 6.08. The number of carbonyl (C=O) groups is 1. The number of hydrogen-bond donors (Lipinski definition) is 3. The highest BCUT2D eigenvalue weighted by Gasteiger charge is 2.22. The van der Waals surface area contributed by atoms with E-state index in [4.69, 9.17) is 10.2 Å². The number of nitrogen functional groups attached to an aromatic ring is 1. The van der Waals surface area contributed by atoms with Gasteiger partial charge in [-0.1, -0.05) is 43.7 Å². The highest BCUT2D eigenvalue weighted by Crippen LogP contribution is 2.41. The molecule has 4 N–H and O–H groups in total. The molecule has 0 amide bonds. The zero-order chi connectivity index (χ0) is 24.5. The second-order valence-electron chi connectivity index (χ2n) is 8.11. The van der Waals surface area contributed by atoms with Crippen LogP contribution < -0.4 is 5.73 Å². The van der Waals surface area contributed by atoms with Gasteiger partial charge in [0.1, 0.15) is 17.2 Å². The van der Waals surface area contributed by atoms with Crippen molar-refractivity contribution >= 4 is 38.7 Å². The number of rotatable bonds is 8. The first kappa shape index (κ1) is 22.8. The number of nitrogens with two attached hydrogens (primary N) is 1. The zero-order valence-electron chi connectivity index (χ0n) is 18.8. The number of aromatic amines is 1. The Balaban J connectivity index is 1.56. The number of nitrogens with one attached hydrogen (secondary N) is 1. The number of carboxylic acids is 1. The molecule has 5 aromatic rings. The molecule has 0 atom stereocenters. The number of aromatic carboxylic acids is 1. The van der Waals surface area contributed by atoms with Crippen molar-refractivity contribution < 1.29 is 14.3 Å². The Hall–Kier alpha value is -3.99. The molecule has 2 aromatic carbocycles. The molecular formula is C24H22BrN7O3. The number of aromatic nitrogens is 6. The second kappa shape index (κ2) is 9.34. The predicted molar refractivity (Wildman–Crippen MR) is 134 cm³/mol. The Morgan fingerprint density at radius 1 is 1.23 bits per heavy atom. The summed E-state index contributed by atoms with van der Waals surface area (Å²) in [5, 5.41) is 24.9. The first-order chi connectivity index (χ1) is 17.0. The van der Waals surface area contributed by atoms with Gasteiger partial charge in [0.15, 0.2) is 11.5 Å². The Morgan fingerprint density at radius 3 is 2.74 bits per heavy atom. The van der Waals surface area contributed by atoms with E-state index in [0.29, 0.717) is 36.0 Å². The maximum absolute atomic E-state index is 11.9. The highest BCUT2D eigenvalue weighted by atomic mass is 79.9. The van der Waals surface area contributed by atoms with E-state index < -0.39 is 5.97 Å². The fraction of sp³-hybridized carbons (Fsp3) is 0.208. The molecule has 3 aromatic heterocycles. The van der Waals surface area contributed by atoms with Gasteiger partial charge in [-0.25, -0.2) is 9.78 Å². The quantitative estimate of drug-likeness (QED) is 0.253. The molecule has 0 aliphatic heterocycles. The summed E-state index contributed by atoms with van der Waals surface area (Å²) < 4.78 is 8.67. The third-order valence-corrected chi connectivity index (χ3v) is 6.61. The molecule has 0 aliphatic rings. The number of nitrogens with zero attached hydrogens (tertiary/aromatic N) is 5. The van der Waals surface area contributed by atoms with Crippen LogP contribution in [0.4, 0.5) is 5.82 Å². The lowest BCUT2D eigenvalue weighted by atomic mass is 10.0. The maximum atomic E-state index is 11.9. The van der Waals surface area contributed by atoms with Crippen molar-refractivity contribution in [2.45, 2.75) is 32.7 Å². The summed E-state index contributed by atoms with van der Waals surface area (Å²) in [6.07, 6.45) is 2.52. The van der Waals surface area contributed by atoms with Crippen molar-refractivity contribution in [3.8, 4) is 22.7 Å². The van der Waals surface area contributed by atoms with Crippen LogP contribution in [0.5, 0.6) is 0 Å². The Morgan fingerprint density at radius 2 is 2.03 bits per heavy atom. The minimum absolute atomic E-state index is 0.0113. The third kappa shape index (κ3) is 4.18. The SMILES string of the molecule is CCCCc1nc(N)c(C(=O)O)n1Cc1ccc2oc(-c3ccccc3-c3nn[nH]n3)c(Br)c2c1. The van der Waals surface area contributed by atoms with Crippen molar-refractivity contribution in [2.24, 2.45) is 0 Å². The topological polar surface area (TPSA) is 149 Å². The van der Waals surface area contributed by atoms with E-state index >= 15 is 0 Å². The van der Waals surface area contributed by atoms with Crippen LogP contribution in [-0.2, 0) is 13.0 Å². The first-order valence-corrected chi connectivity index (χ1v) is 11.9.